The van der Waals surface area contributed by atoms with Crippen molar-refractivity contribution in [2.75, 3.05) is 4.90 Å². The highest BCUT2D eigenvalue weighted by Crippen LogP contribution is 2.64. The average molecular weight is 934 g/mol. The van der Waals surface area contributed by atoms with E-state index >= 15 is 0 Å². The Balaban J connectivity index is 0.989. The molecule has 0 unspecified atom stereocenters. The molecule has 3 aliphatic carbocycles. The predicted octanol–water partition coefficient (Wildman–Crippen LogP) is 19.5. The minimum absolute atomic E-state index is 0.0589. The molecule has 14 rings (SSSR count). The maximum atomic E-state index is 7.07. The quantitative estimate of drug-likeness (QED) is 0.176. The molecule has 0 saturated carbocycles. The number of benzene rings is 9. The lowest BCUT2D eigenvalue weighted by atomic mass is 9.72. The summed E-state index contributed by atoms with van der Waals surface area (Å²) in [6.45, 7) is 25.9. The molecule has 0 atom stereocenters. The van der Waals surface area contributed by atoms with Crippen LogP contribution in [0.3, 0.4) is 0 Å². The van der Waals surface area contributed by atoms with Crippen LogP contribution in [0.2, 0.25) is 0 Å². The number of hydrogen-bond acceptors (Lipinski definition) is 3. The van der Waals surface area contributed by atoms with Gasteiger partial charge < -0.3 is 13.7 Å². The van der Waals surface area contributed by atoms with E-state index in [1.807, 2.05) is 0 Å². The van der Waals surface area contributed by atoms with Gasteiger partial charge in [-0.15, -0.1) is 0 Å². The first-order chi connectivity index (χ1) is 34.4. The molecule has 0 amide bonds. The fraction of sp³-hybridized carbons (Fsp3) is 0.217. The van der Waals surface area contributed by atoms with E-state index in [1.54, 1.807) is 0 Å². The van der Waals surface area contributed by atoms with Crippen molar-refractivity contribution < 1.29 is 8.83 Å². The Morgan fingerprint density at radius 2 is 0.889 bits per heavy atom. The lowest BCUT2D eigenvalue weighted by molar-refractivity contribution is 0.591. The summed E-state index contributed by atoms with van der Waals surface area (Å²) in [5.41, 5.74) is 28.3. The van der Waals surface area contributed by atoms with Gasteiger partial charge >= 0.3 is 0 Å². The van der Waals surface area contributed by atoms with Crippen LogP contribution in [0.1, 0.15) is 112 Å². The van der Waals surface area contributed by atoms with Gasteiger partial charge in [-0.3, -0.25) is 0 Å². The maximum absolute atomic E-state index is 7.07. The first-order valence-corrected chi connectivity index (χ1v) is 25.8. The zero-order chi connectivity index (χ0) is 49.5. The minimum Gasteiger partial charge on any atom is -0.455 e. The number of furan rings is 2. The van der Waals surface area contributed by atoms with Gasteiger partial charge in [-0.05, 0) is 157 Å². The molecule has 0 fully saturated rings. The number of para-hydroxylation sites is 2. The molecule has 72 heavy (non-hydrogen) atoms. The average Bonchev–Trinajstić information content (AvgIpc) is 4.10. The van der Waals surface area contributed by atoms with Crippen molar-refractivity contribution in [1.82, 2.24) is 0 Å². The van der Waals surface area contributed by atoms with Crippen molar-refractivity contribution in [3.05, 3.63) is 208 Å². The zero-order valence-electron chi connectivity index (χ0n) is 43.3. The zero-order valence-corrected chi connectivity index (χ0v) is 43.3. The Kier molecular flexibility index (Phi) is 8.57. The normalized spacial score (nSPS) is 15.5. The van der Waals surface area contributed by atoms with E-state index in [2.05, 4.69) is 239 Å². The Bertz CT molecular complexity index is 4180. The van der Waals surface area contributed by atoms with Crippen molar-refractivity contribution in [1.29, 1.82) is 0 Å². The molecular formula is C69H59NO2. The van der Waals surface area contributed by atoms with Crippen LogP contribution in [0, 0.1) is 13.8 Å². The van der Waals surface area contributed by atoms with Crippen molar-refractivity contribution in [2.24, 2.45) is 0 Å². The van der Waals surface area contributed by atoms with Crippen LogP contribution in [-0.4, -0.2) is 0 Å². The second-order valence-corrected chi connectivity index (χ2v) is 23.8. The maximum Gasteiger partial charge on any atom is 0.144 e. The summed E-state index contributed by atoms with van der Waals surface area (Å²) in [5.74, 6) is 0. The van der Waals surface area contributed by atoms with Gasteiger partial charge in [0.05, 0.1) is 0 Å². The SMILES string of the molecule is Cc1cc(C)cc(N(c2ccc3c(c2)C(C)(C)c2cc(-c4ccccc4C(C)(C)C)c4oc5ccccc5c4c2-3)c2ccc3c(c2)C(C)(C)c2c4c(c5c(oc6ccccc65)c2-3)-c2ccccc2C4(C)C)c1. The smallest absolute Gasteiger partial charge is 0.144 e. The van der Waals surface area contributed by atoms with Gasteiger partial charge in [-0.1, -0.05) is 165 Å². The van der Waals surface area contributed by atoms with Gasteiger partial charge in [0, 0.05) is 66.0 Å². The number of rotatable bonds is 4. The largest absolute Gasteiger partial charge is 0.455 e. The monoisotopic (exact) mass is 933 g/mol. The topological polar surface area (TPSA) is 29.5 Å². The third-order valence-corrected chi connectivity index (χ3v) is 17.2. The third-order valence-electron chi connectivity index (χ3n) is 17.2. The molecule has 3 heteroatoms. The fourth-order valence-electron chi connectivity index (χ4n) is 14.0. The number of nitrogens with zero attached hydrogens (tertiary/aromatic N) is 1. The summed E-state index contributed by atoms with van der Waals surface area (Å²) >= 11 is 0. The standard InChI is InChI=1S/C69H59NO2/c1-38-32-39(2)34-42(33-38)70(40-28-30-45-52(35-40)67(6,7)54-37-49(43-20-12-16-24-50(43)66(3,4)5)64-59(57(45)54)47-22-14-18-26-55(47)71-64)41-29-31-46-53(36-41)69(10,11)63-61(46)65-60(48-23-15-19-27-56(48)72-65)58-44-21-13-17-25-51(44)68(8,9)62(58)63/h12-37H,1-11H3. The van der Waals surface area contributed by atoms with Gasteiger partial charge in [0.1, 0.15) is 22.3 Å². The second-order valence-electron chi connectivity index (χ2n) is 23.8. The molecular weight excluding hydrogens is 875 g/mol. The van der Waals surface area contributed by atoms with Gasteiger partial charge in [-0.25, -0.2) is 0 Å². The molecule has 0 aliphatic heterocycles. The summed E-state index contributed by atoms with van der Waals surface area (Å²) in [5, 5.41) is 4.76. The summed E-state index contributed by atoms with van der Waals surface area (Å²) in [6.07, 6.45) is 0. The van der Waals surface area contributed by atoms with E-state index in [1.165, 1.54) is 105 Å². The minimum atomic E-state index is -0.338. The van der Waals surface area contributed by atoms with E-state index in [4.69, 9.17) is 8.83 Å². The van der Waals surface area contributed by atoms with Crippen LogP contribution in [0.15, 0.2) is 167 Å². The molecule has 0 saturated heterocycles. The van der Waals surface area contributed by atoms with Crippen LogP contribution in [0.4, 0.5) is 17.1 Å². The highest BCUT2D eigenvalue weighted by Gasteiger charge is 2.49. The van der Waals surface area contributed by atoms with Gasteiger partial charge in [0.2, 0.25) is 0 Å². The van der Waals surface area contributed by atoms with E-state index in [-0.39, 0.29) is 21.7 Å². The lowest BCUT2D eigenvalue weighted by Crippen LogP contribution is -2.24. The second kappa shape index (κ2) is 14.3. The Hall–Kier alpha value is -7.62. The van der Waals surface area contributed by atoms with Crippen molar-refractivity contribution >= 4 is 60.9 Å². The number of hydrogen-bond donors (Lipinski definition) is 0. The van der Waals surface area contributed by atoms with Crippen LogP contribution in [0.5, 0.6) is 0 Å². The molecule has 9 aromatic carbocycles. The Morgan fingerprint density at radius 3 is 1.54 bits per heavy atom. The molecule has 2 heterocycles. The molecule has 0 N–H and O–H groups in total. The molecule has 0 radical (unpaired) electrons. The van der Waals surface area contributed by atoms with Crippen LogP contribution in [0.25, 0.3) is 88.4 Å². The molecule has 352 valence electrons. The van der Waals surface area contributed by atoms with E-state index in [0.29, 0.717) is 0 Å². The van der Waals surface area contributed by atoms with Gasteiger partial charge in [-0.2, -0.15) is 0 Å². The van der Waals surface area contributed by atoms with Crippen molar-refractivity contribution in [3.8, 4) is 44.5 Å². The van der Waals surface area contributed by atoms with Crippen LogP contribution in [-0.2, 0) is 21.7 Å². The third kappa shape index (κ3) is 5.63. The van der Waals surface area contributed by atoms with E-state index in [0.717, 1.165) is 50.3 Å². The molecule has 3 aliphatic rings. The van der Waals surface area contributed by atoms with E-state index < -0.39 is 0 Å². The number of anilines is 3. The molecule has 0 spiro atoms. The Labute approximate surface area is 422 Å². The molecule has 2 aromatic heterocycles. The summed E-state index contributed by atoms with van der Waals surface area (Å²) < 4.78 is 14.0. The first-order valence-electron chi connectivity index (χ1n) is 25.8. The Morgan fingerprint density at radius 1 is 0.389 bits per heavy atom. The van der Waals surface area contributed by atoms with Gasteiger partial charge in [0.25, 0.3) is 0 Å². The summed E-state index contributed by atoms with van der Waals surface area (Å²) in [6, 6.07) is 59.1. The highest BCUT2D eigenvalue weighted by molar-refractivity contribution is 6.21. The predicted molar refractivity (Wildman–Crippen MR) is 302 cm³/mol. The lowest BCUT2D eigenvalue weighted by Gasteiger charge is -2.32. The van der Waals surface area contributed by atoms with E-state index in [9.17, 15) is 0 Å². The highest BCUT2D eigenvalue weighted by atomic mass is 16.3. The molecule has 0 bridgehead atoms. The van der Waals surface area contributed by atoms with Crippen LogP contribution >= 0.6 is 0 Å². The van der Waals surface area contributed by atoms with Crippen molar-refractivity contribution in [2.45, 2.75) is 97.8 Å². The van der Waals surface area contributed by atoms with Crippen LogP contribution < -0.4 is 4.90 Å². The first kappa shape index (κ1) is 43.2. The summed E-state index contributed by atoms with van der Waals surface area (Å²) in [4.78, 5) is 2.51. The fourth-order valence-corrected chi connectivity index (χ4v) is 14.0. The number of aryl methyl sites for hydroxylation is 2. The number of fused-ring (bicyclic) bond motifs is 19. The van der Waals surface area contributed by atoms with Crippen molar-refractivity contribution in [3.63, 3.8) is 0 Å². The molecule has 11 aromatic rings. The van der Waals surface area contributed by atoms with Gasteiger partial charge in [0.15, 0.2) is 0 Å². The molecule has 3 nitrogen and oxygen atoms in total. The summed E-state index contributed by atoms with van der Waals surface area (Å²) in [7, 11) is 0.